The Labute approximate surface area is 122 Å². The van der Waals surface area contributed by atoms with Crippen LogP contribution in [0.25, 0.3) is 0 Å². The predicted octanol–water partition coefficient (Wildman–Crippen LogP) is 2.57. The SMILES string of the molecule is CNCC1CN(C(C)c2cc(Br)ccc2F)CCO1. The molecular weight excluding hydrogens is 311 g/mol. The summed E-state index contributed by atoms with van der Waals surface area (Å²) in [6.45, 7) is 5.24. The Kier molecular flexibility index (Phi) is 5.33. The molecule has 106 valence electrons. The molecule has 2 atom stereocenters. The Morgan fingerprint density at radius 2 is 2.37 bits per heavy atom. The molecule has 2 rings (SSSR count). The Morgan fingerprint density at radius 3 is 3.11 bits per heavy atom. The lowest BCUT2D eigenvalue weighted by Gasteiger charge is -2.37. The fourth-order valence-electron chi connectivity index (χ4n) is 2.48. The number of hydrogen-bond donors (Lipinski definition) is 1. The molecule has 0 spiro atoms. The minimum absolute atomic E-state index is 0.0563. The molecule has 1 aliphatic rings. The monoisotopic (exact) mass is 330 g/mol. The van der Waals surface area contributed by atoms with E-state index in [2.05, 4.69) is 26.1 Å². The number of rotatable bonds is 4. The van der Waals surface area contributed by atoms with Gasteiger partial charge in [0.25, 0.3) is 0 Å². The molecule has 1 N–H and O–H groups in total. The maximum absolute atomic E-state index is 13.9. The molecular formula is C14H20BrFN2O. The van der Waals surface area contributed by atoms with Crippen LogP contribution >= 0.6 is 15.9 Å². The van der Waals surface area contributed by atoms with Crippen LogP contribution in [-0.2, 0) is 4.74 Å². The molecule has 5 heteroatoms. The van der Waals surface area contributed by atoms with Gasteiger partial charge in [0.1, 0.15) is 5.82 Å². The maximum Gasteiger partial charge on any atom is 0.128 e. The van der Waals surface area contributed by atoms with E-state index in [1.807, 2.05) is 20.0 Å². The summed E-state index contributed by atoms with van der Waals surface area (Å²) in [6, 6.07) is 5.17. The summed E-state index contributed by atoms with van der Waals surface area (Å²) in [6.07, 6.45) is 0.177. The second kappa shape index (κ2) is 6.79. The van der Waals surface area contributed by atoms with Gasteiger partial charge in [0.05, 0.1) is 12.7 Å². The van der Waals surface area contributed by atoms with E-state index in [-0.39, 0.29) is 18.0 Å². The van der Waals surface area contributed by atoms with Gasteiger partial charge in [0.2, 0.25) is 0 Å². The third kappa shape index (κ3) is 3.75. The van der Waals surface area contributed by atoms with E-state index in [9.17, 15) is 4.39 Å². The number of hydrogen-bond acceptors (Lipinski definition) is 3. The highest BCUT2D eigenvalue weighted by Gasteiger charge is 2.26. The van der Waals surface area contributed by atoms with Crippen molar-refractivity contribution >= 4 is 15.9 Å². The molecule has 2 unspecified atom stereocenters. The van der Waals surface area contributed by atoms with Crippen LogP contribution in [0.3, 0.4) is 0 Å². The van der Waals surface area contributed by atoms with Crippen LogP contribution < -0.4 is 5.32 Å². The van der Waals surface area contributed by atoms with Crippen molar-refractivity contribution in [2.24, 2.45) is 0 Å². The van der Waals surface area contributed by atoms with E-state index in [0.29, 0.717) is 6.61 Å². The van der Waals surface area contributed by atoms with E-state index in [1.54, 1.807) is 6.07 Å². The van der Waals surface area contributed by atoms with Crippen molar-refractivity contribution in [2.75, 3.05) is 33.3 Å². The molecule has 1 saturated heterocycles. The summed E-state index contributed by atoms with van der Waals surface area (Å²) < 4.78 is 20.5. The highest BCUT2D eigenvalue weighted by molar-refractivity contribution is 9.10. The van der Waals surface area contributed by atoms with Gasteiger partial charge in [-0.25, -0.2) is 4.39 Å². The Hall–Kier alpha value is -0.490. The topological polar surface area (TPSA) is 24.5 Å². The molecule has 1 aliphatic heterocycles. The Balaban J connectivity index is 2.10. The molecule has 19 heavy (non-hydrogen) atoms. The van der Waals surface area contributed by atoms with Gasteiger partial charge >= 0.3 is 0 Å². The van der Waals surface area contributed by atoms with Crippen LogP contribution in [0.2, 0.25) is 0 Å². The molecule has 0 bridgehead atoms. The van der Waals surface area contributed by atoms with Gasteiger partial charge in [-0.3, -0.25) is 4.90 Å². The number of nitrogens with zero attached hydrogens (tertiary/aromatic N) is 1. The van der Waals surface area contributed by atoms with E-state index in [0.717, 1.165) is 29.7 Å². The molecule has 3 nitrogen and oxygen atoms in total. The first kappa shape index (κ1) is 14.9. The Bertz CT molecular complexity index is 428. The first-order chi connectivity index (χ1) is 9.11. The van der Waals surface area contributed by atoms with E-state index < -0.39 is 0 Å². The average Bonchev–Trinajstić information content (AvgIpc) is 2.41. The third-order valence-electron chi connectivity index (χ3n) is 3.56. The third-order valence-corrected chi connectivity index (χ3v) is 4.05. The number of nitrogens with one attached hydrogen (secondary N) is 1. The van der Waals surface area contributed by atoms with Crippen LogP contribution in [0.5, 0.6) is 0 Å². The van der Waals surface area contributed by atoms with Crippen molar-refractivity contribution in [2.45, 2.75) is 19.1 Å². The first-order valence-corrected chi connectivity index (χ1v) is 7.36. The van der Waals surface area contributed by atoms with Gasteiger partial charge in [0, 0.05) is 35.7 Å². The minimum Gasteiger partial charge on any atom is -0.374 e. The Morgan fingerprint density at radius 1 is 1.58 bits per heavy atom. The zero-order valence-corrected chi connectivity index (χ0v) is 12.9. The molecule has 1 fully saturated rings. The lowest BCUT2D eigenvalue weighted by molar-refractivity contribution is -0.0397. The molecule has 1 heterocycles. The molecule has 0 aromatic heterocycles. The molecule has 0 amide bonds. The van der Waals surface area contributed by atoms with Gasteiger partial charge < -0.3 is 10.1 Å². The zero-order valence-electron chi connectivity index (χ0n) is 11.3. The molecule has 1 aromatic carbocycles. The van der Waals surface area contributed by atoms with Gasteiger partial charge in [-0.1, -0.05) is 15.9 Å². The van der Waals surface area contributed by atoms with Crippen molar-refractivity contribution in [3.05, 3.63) is 34.1 Å². The van der Waals surface area contributed by atoms with Crippen LogP contribution in [0.15, 0.2) is 22.7 Å². The number of ether oxygens (including phenoxy) is 1. The summed E-state index contributed by atoms with van der Waals surface area (Å²) >= 11 is 3.41. The van der Waals surface area contributed by atoms with Crippen LogP contribution in [0.1, 0.15) is 18.5 Å². The molecule has 0 radical (unpaired) electrons. The predicted molar refractivity (Wildman–Crippen MR) is 77.8 cm³/mol. The lowest BCUT2D eigenvalue weighted by atomic mass is 10.1. The summed E-state index contributed by atoms with van der Waals surface area (Å²) in [5, 5.41) is 3.12. The lowest BCUT2D eigenvalue weighted by Crippen LogP contribution is -2.47. The second-order valence-corrected chi connectivity index (χ2v) is 5.80. The zero-order chi connectivity index (χ0) is 13.8. The largest absolute Gasteiger partial charge is 0.374 e. The summed E-state index contributed by atoms with van der Waals surface area (Å²) in [4.78, 5) is 2.27. The average molecular weight is 331 g/mol. The van der Waals surface area contributed by atoms with Crippen LogP contribution in [0, 0.1) is 5.82 Å². The first-order valence-electron chi connectivity index (χ1n) is 6.57. The van der Waals surface area contributed by atoms with E-state index >= 15 is 0 Å². The molecule has 0 aliphatic carbocycles. The van der Waals surface area contributed by atoms with Crippen molar-refractivity contribution in [3.8, 4) is 0 Å². The maximum atomic E-state index is 13.9. The fourth-order valence-corrected chi connectivity index (χ4v) is 2.86. The van der Waals surface area contributed by atoms with Crippen molar-refractivity contribution < 1.29 is 9.13 Å². The smallest absolute Gasteiger partial charge is 0.128 e. The number of morpholine rings is 1. The standard InChI is InChI=1S/C14H20BrFN2O/c1-10(13-7-11(15)3-4-14(13)16)18-5-6-19-12(9-18)8-17-2/h3-4,7,10,12,17H,5-6,8-9H2,1-2H3. The van der Waals surface area contributed by atoms with Gasteiger partial charge in [-0.05, 0) is 32.2 Å². The van der Waals surface area contributed by atoms with Gasteiger partial charge in [0.15, 0.2) is 0 Å². The quantitative estimate of drug-likeness (QED) is 0.918. The normalized spacial score (nSPS) is 22.4. The summed E-state index contributed by atoms with van der Waals surface area (Å²) in [5.74, 6) is -0.146. The van der Waals surface area contributed by atoms with Crippen LogP contribution in [-0.4, -0.2) is 44.3 Å². The fraction of sp³-hybridized carbons (Fsp3) is 0.571. The van der Waals surface area contributed by atoms with Crippen molar-refractivity contribution in [1.29, 1.82) is 0 Å². The highest BCUT2D eigenvalue weighted by Crippen LogP contribution is 2.27. The van der Waals surface area contributed by atoms with Crippen molar-refractivity contribution in [1.82, 2.24) is 10.2 Å². The highest BCUT2D eigenvalue weighted by atomic mass is 79.9. The number of likely N-dealkylation sites (N-methyl/N-ethyl adjacent to an activating group) is 1. The van der Waals surface area contributed by atoms with Crippen molar-refractivity contribution in [3.63, 3.8) is 0 Å². The minimum atomic E-state index is -0.146. The van der Waals surface area contributed by atoms with Gasteiger partial charge in [-0.2, -0.15) is 0 Å². The van der Waals surface area contributed by atoms with Gasteiger partial charge in [-0.15, -0.1) is 0 Å². The number of benzene rings is 1. The summed E-state index contributed by atoms with van der Waals surface area (Å²) in [5.41, 5.74) is 0.736. The van der Waals surface area contributed by atoms with E-state index in [4.69, 9.17) is 4.74 Å². The number of halogens is 2. The molecule has 0 saturated carbocycles. The molecule has 1 aromatic rings. The second-order valence-electron chi connectivity index (χ2n) is 4.89. The summed E-state index contributed by atoms with van der Waals surface area (Å²) in [7, 11) is 1.92. The van der Waals surface area contributed by atoms with Crippen LogP contribution in [0.4, 0.5) is 4.39 Å². The van der Waals surface area contributed by atoms with E-state index in [1.165, 1.54) is 6.07 Å².